The van der Waals surface area contributed by atoms with Gasteiger partial charge in [0.25, 0.3) is 0 Å². The van der Waals surface area contributed by atoms with Crippen molar-refractivity contribution < 1.29 is 9.60 Å². The Kier molecular flexibility index (Phi) is 6.35. The largest absolute Gasteiger partial charge is 1.00 e. The summed E-state index contributed by atoms with van der Waals surface area (Å²) < 4.78 is 0. The van der Waals surface area contributed by atoms with E-state index in [1.807, 2.05) is 4.90 Å². The number of likely N-dealkylation sites (tertiary alicyclic amines) is 1. The van der Waals surface area contributed by atoms with E-state index >= 15 is 0 Å². The van der Waals surface area contributed by atoms with Crippen molar-refractivity contribution in [2.45, 2.75) is 39.5 Å². The molecule has 0 spiro atoms. The highest BCUT2D eigenvalue weighted by Gasteiger charge is 2.18. The molecule has 2 atom stereocenters. The highest BCUT2D eigenvalue weighted by atomic mass is 19.0. The quantitative estimate of drug-likeness (QED) is 0.511. The molecule has 74 valence electrons. The number of hydrogen-bond acceptors (Lipinski definition) is 0. The zero-order chi connectivity index (χ0) is 8.10. The van der Waals surface area contributed by atoms with E-state index in [4.69, 9.17) is 0 Å². The zero-order valence-corrected chi connectivity index (χ0v) is 8.41. The van der Waals surface area contributed by atoms with Crippen LogP contribution in [0.3, 0.4) is 0 Å². The van der Waals surface area contributed by atoms with Gasteiger partial charge in [-0.3, -0.25) is 0 Å². The lowest BCUT2D eigenvalue weighted by atomic mass is 10.0. The molecule has 12 heavy (non-hydrogen) atoms. The fourth-order valence-electron chi connectivity index (χ4n) is 2.05. The SMILES string of the molecule is CCCC[NH+]1CCCC(C)C1.[F-]. The van der Waals surface area contributed by atoms with E-state index in [9.17, 15) is 0 Å². The van der Waals surface area contributed by atoms with Crippen LogP contribution < -0.4 is 9.60 Å². The summed E-state index contributed by atoms with van der Waals surface area (Å²) in [6.45, 7) is 8.96. The van der Waals surface area contributed by atoms with Gasteiger partial charge in [0.15, 0.2) is 0 Å². The minimum Gasteiger partial charge on any atom is -1.00 e. The highest BCUT2D eigenvalue weighted by molar-refractivity contribution is 4.55. The lowest BCUT2D eigenvalue weighted by molar-refractivity contribution is -0.908. The Morgan fingerprint density at radius 1 is 1.42 bits per heavy atom. The highest BCUT2D eigenvalue weighted by Crippen LogP contribution is 2.04. The first-order valence-corrected chi connectivity index (χ1v) is 5.16. The molecule has 1 rings (SSSR count). The van der Waals surface area contributed by atoms with Gasteiger partial charge in [0.2, 0.25) is 0 Å². The number of rotatable bonds is 3. The molecule has 1 saturated heterocycles. The molecule has 1 N–H and O–H groups in total. The molecule has 0 amide bonds. The number of quaternary nitrogens is 1. The number of hydrogen-bond donors (Lipinski definition) is 1. The molecule has 1 aliphatic rings. The van der Waals surface area contributed by atoms with E-state index < -0.39 is 0 Å². The van der Waals surface area contributed by atoms with Crippen LogP contribution in [0.2, 0.25) is 0 Å². The molecule has 0 radical (unpaired) electrons. The number of piperidine rings is 1. The second kappa shape index (κ2) is 6.41. The maximum Gasteiger partial charge on any atom is 0.0796 e. The normalized spacial score (nSPS) is 29.5. The van der Waals surface area contributed by atoms with Crippen LogP contribution in [0.15, 0.2) is 0 Å². The van der Waals surface area contributed by atoms with Crippen molar-refractivity contribution in [1.82, 2.24) is 0 Å². The van der Waals surface area contributed by atoms with E-state index in [-0.39, 0.29) is 4.70 Å². The topological polar surface area (TPSA) is 4.44 Å². The molecular formula is C10H22FN. The predicted molar refractivity (Wildman–Crippen MR) is 48.9 cm³/mol. The van der Waals surface area contributed by atoms with E-state index in [1.165, 1.54) is 45.3 Å². The number of nitrogens with one attached hydrogen (secondary N) is 1. The molecule has 2 heteroatoms. The van der Waals surface area contributed by atoms with Gasteiger partial charge in [-0.1, -0.05) is 20.3 Å². The van der Waals surface area contributed by atoms with Crippen LogP contribution in [0.25, 0.3) is 0 Å². The fraction of sp³-hybridized carbons (Fsp3) is 1.00. The maximum absolute atomic E-state index is 2.39. The second-order valence-corrected chi connectivity index (χ2v) is 4.06. The van der Waals surface area contributed by atoms with Crippen molar-refractivity contribution in [2.75, 3.05) is 19.6 Å². The summed E-state index contributed by atoms with van der Waals surface area (Å²) in [7, 11) is 0. The van der Waals surface area contributed by atoms with Gasteiger partial charge in [-0.2, -0.15) is 0 Å². The Morgan fingerprint density at radius 2 is 2.17 bits per heavy atom. The van der Waals surface area contributed by atoms with Crippen LogP contribution in [-0.4, -0.2) is 19.6 Å². The Bertz CT molecular complexity index is 106. The first-order valence-electron chi connectivity index (χ1n) is 5.16. The van der Waals surface area contributed by atoms with Crippen molar-refractivity contribution in [3.05, 3.63) is 0 Å². The Hall–Kier alpha value is -0.110. The average Bonchev–Trinajstić information content (AvgIpc) is 2.01. The Morgan fingerprint density at radius 3 is 2.75 bits per heavy atom. The third kappa shape index (κ3) is 4.05. The summed E-state index contributed by atoms with van der Waals surface area (Å²) >= 11 is 0. The average molecular weight is 175 g/mol. The van der Waals surface area contributed by atoms with Gasteiger partial charge in [0.1, 0.15) is 0 Å². The minimum atomic E-state index is 0. The van der Waals surface area contributed by atoms with Gasteiger partial charge in [-0.05, 0) is 19.3 Å². The third-order valence-corrected chi connectivity index (χ3v) is 2.75. The van der Waals surface area contributed by atoms with Crippen molar-refractivity contribution in [1.29, 1.82) is 0 Å². The lowest BCUT2D eigenvalue weighted by Crippen LogP contribution is -3.13. The van der Waals surface area contributed by atoms with Gasteiger partial charge >= 0.3 is 0 Å². The third-order valence-electron chi connectivity index (χ3n) is 2.75. The van der Waals surface area contributed by atoms with Crippen LogP contribution in [0.4, 0.5) is 0 Å². The van der Waals surface area contributed by atoms with Crippen LogP contribution in [0, 0.1) is 5.92 Å². The summed E-state index contributed by atoms with van der Waals surface area (Å²) in [6.07, 6.45) is 5.70. The van der Waals surface area contributed by atoms with Crippen molar-refractivity contribution in [3.8, 4) is 0 Å². The molecule has 0 aliphatic carbocycles. The predicted octanol–water partition coefficient (Wildman–Crippen LogP) is -1.89. The monoisotopic (exact) mass is 175 g/mol. The van der Waals surface area contributed by atoms with Gasteiger partial charge < -0.3 is 9.60 Å². The molecule has 1 fully saturated rings. The number of halogens is 1. The van der Waals surface area contributed by atoms with Crippen molar-refractivity contribution in [3.63, 3.8) is 0 Å². The van der Waals surface area contributed by atoms with E-state index in [0.717, 1.165) is 5.92 Å². The molecule has 0 aromatic heterocycles. The zero-order valence-electron chi connectivity index (χ0n) is 8.41. The summed E-state index contributed by atoms with van der Waals surface area (Å²) in [4.78, 5) is 1.85. The molecule has 0 bridgehead atoms. The molecule has 0 aromatic rings. The molecule has 2 unspecified atom stereocenters. The Balaban J connectivity index is 0.00000121. The maximum atomic E-state index is 2.39. The van der Waals surface area contributed by atoms with Crippen molar-refractivity contribution >= 4 is 0 Å². The van der Waals surface area contributed by atoms with Crippen molar-refractivity contribution in [2.24, 2.45) is 5.92 Å². The van der Waals surface area contributed by atoms with E-state index in [1.54, 1.807) is 0 Å². The van der Waals surface area contributed by atoms with Crippen LogP contribution >= 0.6 is 0 Å². The summed E-state index contributed by atoms with van der Waals surface area (Å²) in [5.41, 5.74) is 0. The summed E-state index contributed by atoms with van der Waals surface area (Å²) in [5.74, 6) is 0.982. The summed E-state index contributed by atoms with van der Waals surface area (Å²) in [6, 6.07) is 0. The molecule has 1 heterocycles. The molecule has 1 nitrogen and oxygen atoms in total. The minimum absolute atomic E-state index is 0. The standard InChI is InChI=1S/C10H21N.FH/c1-3-4-7-11-8-5-6-10(2)9-11;/h10H,3-9H2,1-2H3;1H. The second-order valence-electron chi connectivity index (χ2n) is 4.06. The summed E-state index contributed by atoms with van der Waals surface area (Å²) in [5, 5.41) is 0. The van der Waals surface area contributed by atoms with Gasteiger partial charge in [0, 0.05) is 5.92 Å². The molecule has 0 saturated carbocycles. The van der Waals surface area contributed by atoms with Gasteiger partial charge in [-0.25, -0.2) is 0 Å². The first kappa shape index (κ1) is 11.9. The van der Waals surface area contributed by atoms with E-state index in [0.29, 0.717) is 0 Å². The molecule has 0 aromatic carbocycles. The van der Waals surface area contributed by atoms with Crippen LogP contribution in [0.1, 0.15) is 39.5 Å². The van der Waals surface area contributed by atoms with Gasteiger partial charge in [-0.15, -0.1) is 0 Å². The van der Waals surface area contributed by atoms with Crippen LogP contribution in [-0.2, 0) is 0 Å². The van der Waals surface area contributed by atoms with Gasteiger partial charge in [0.05, 0.1) is 19.6 Å². The van der Waals surface area contributed by atoms with Crippen LogP contribution in [0.5, 0.6) is 0 Å². The first-order chi connectivity index (χ1) is 5.33. The lowest BCUT2D eigenvalue weighted by Gasteiger charge is -2.27. The smallest absolute Gasteiger partial charge is 0.0796 e. The fourth-order valence-corrected chi connectivity index (χ4v) is 2.05. The molecular weight excluding hydrogens is 153 g/mol. The molecule has 1 aliphatic heterocycles. The van der Waals surface area contributed by atoms with E-state index in [2.05, 4.69) is 13.8 Å². The Labute approximate surface area is 75.5 Å². The number of unbranched alkanes of at least 4 members (excludes halogenated alkanes) is 1.